The van der Waals surface area contributed by atoms with Crippen LogP contribution in [-0.4, -0.2) is 12.5 Å². The van der Waals surface area contributed by atoms with E-state index in [1.54, 1.807) is 30.3 Å². The third-order valence-corrected chi connectivity index (χ3v) is 4.18. The molecule has 0 radical (unpaired) electrons. The van der Waals surface area contributed by atoms with Gasteiger partial charge in [-0.15, -0.1) is 0 Å². The standard InChI is InChI=1S/C22H23ClN2O2/c1-2-3-4-5-14-27-21-12-6-17(7-13-21)15-18(16-24)22(26)25-20-10-8-19(23)9-11-20/h6-13,15H,2-5,14H2,1H3,(H,25,26)/b18-15+. The zero-order valence-corrected chi connectivity index (χ0v) is 16.1. The van der Waals surface area contributed by atoms with E-state index in [0.29, 0.717) is 17.3 Å². The van der Waals surface area contributed by atoms with E-state index in [9.17, 15) is 10.1 Å². The van der Waals surface area contributed by atoms with Crippen LogP contribution in [-0.2, 0) is 4.79 Å². The topological polar surface area (TPSA) is 62.1 Å². The Morgan fingerprint density at radius 1 is 1.11 bits per heavy atom. The molecule has 1 N–H and O–H groups in total. The summed E-state index contributed by atoms with van der Waals surface area (Å²) in [5, 5.41) is 12.6. The Balaban J connectivity index is 1.95. The molecule has 0 fully saturated rings. The number of unbranched alkanes of at least 4 members (excludes halogenated alkanes) is 3. The van der Waals surface area contributed by atoms with Crippen LogP contribution >= 0.6 is 11.6 Å². The fourth-order valence-electron chi connectivity index (χ4n) is 2.43. The maximum absolute atomic E-state index is 12.3. The monoisotopic (exact) mass is 382 g/mol. The molecule has 0 aliphatic rings. The Bertz CT molecular complexity index is 806. The number of benzene rings is 2. The quantitative estimate of drug-likeness (QED) is 0.336. The van der Waals surface area contributed by atoms with E-state index >= 15 is 0 Å². The molecule has 0 aromatic heterocycles. The third-order valence-electron chi connectivity index (χ3n) is 3.92. The first-order valence-electron chi connectivity index (χ1n) is 9.04. The van der Waals surface area contributed by atoms with Crippen molar-refractivity contribution < 1.29 is 9.53 Å². The molecule has 0 saturated heterocycles. The molecule has 5 heteroatoms. The van der Waals surface area contributed by atoms with Crippen LogP contribution in [0, 0.1) is 11.3 Å². The number of amides is 1. The van der Waals surface area contributed by atoms with Crippen LogP contribution in [0.25, 0.3) is 6.08 Å². The van der Waals surface area contributed by atoms with Crippen LogP contribution in [0.2, 0.25) is 5.02 Å². The van der Waals surface area contributed by atoms with Gasteiger partial charge in [-0.25, -0.2) is 0 Å². The van der Waals surface area contributed by atoms with E-state index in [4.69, 9.17) is 16.3 Å². The summed E-state index contributed by atoms with van der Waals surface area (Å²) in [6.45, 7) is 2.88. The van der Waals surface area contributed by atoms with Crippen LogP contribution in [0.1, 0.15) is 38.2 Å². The number of halogens is 1. The molecule has 2 aromatic carbocycles. The van der Waals surface area contributed by atoms with Crippen LogP contribution in [0.4, 0.5) is 5.69 Å². The number of rotatable bonds is 9. The van der Waals surface area contributed by atoms with Crippen molar-refractivity contribution >= 4 is 29.3 Å². The molecule has 4 nitrogen and oxygen atoms in total. The predicted octanol–water partition coefficient (Wildman–Crippen LogP) is 5.84. The smallest absolute Gasteiger partial charge is 0.266 e. The largest absolute Gasteiger partial charge is 0.494 e. The average Bonchev–Trinajstić information content (AvgIpc) is 2.68. The fourth-order valence-corrected chi connectivity index (χ4v) is 2.55. The number of hydrogen-bond donors (Lipinski definition) is 1. The van der Waals surface area contributed by atoms with E-state index in [1.165, 1.54) is 19.3 Å². The summed E-state index contributed by atoms with van der Waals surface area (Å²) in [6, 6.07) is 16.0. The molecule has 0 atom stereocenters. The highest BCUT2D eigenvalue weighted by molar-refractivity contribution is 6.30. The molecule has 0 saturated carbocycles. The number of nitrogens with zero attached hydrogens (tertiary/aromatic N) is 1. The number of nitriles is 1. The average molecular weight is 383 g/mol. The molecule has 0 heterocycles. The highest BCUT2D eigenvalue weighted by Crippen LogP contribution is 2.17. The minimum absolute atomic E-state index is 0.0261. The number of ether oxygens (including phenoxy) is 1. The van der Waals surface area contributed by atoms with Gasteiger partial charge in [0.15, 0.2) is 0 Å². The highest BCUT2D eigenvalue weighted by Gasteiger charge is 2.09. The number of anilines is 1. The summed E-state index contributed by atoms with van der Waals surface area (Å²) in [4.78, 5) is 12.3. The predicted molar refractivity (Wildman–Crippen MR) is 110 cm³/mol. The van der Waals surface area contributed by atoms with Crippen molar-refractivity contribution in [3.8, 4) is 11.8 Å². The zero-order chi connectivity index (χ0) is 19.5. The van der Waals surface area contributed by atoms with Crippen molar-refractivity contribution in [3.05, 3.63) is 64.7 Å². The van der Waals surface area contributed by atoms with Crippen LogP contribution in [0.15, 0.2) is 54.1 Å². The summed E-state index contributed by atoms with van der Waals surface area (Å²) < 4.78 is 5.70. The van der Waals surface area contributed by atoms with Crippen molar-refractivity contribution in [1.29, 1.82) is 5.26 Å². The SMILES string of the molecule is CCCCCCOc1ccc(/C=C(\C#N)C(=O)Nc2ccc(Cl)cc2)cc1. The van der Waals surface area contributed by atoms with Gasteiger partial charge in [0, 0.05) is 10.7 Å². The minimum Gasteiger partial charge on any atom is -0.494 e. The number of nitrogens with one attached hydrogen (secondary N) is 1. The maximum Gasteiger partial charge on any atom is 0.266 e. The Morgan fingerprint density at radius 2 is 1.81 bits per heavy atom. The highest BCUT2D eigenvalue weighted by atomic mass is 35.5. The summed E-state index contributed by atoms with van der Waals surface area (Å²) >= 11 is 5.83. The Hall–Kier alpha value is -2.77. The van der Waals surface area contributed by atoms with E-state index in [2.05, 4.69) is 12.2 Å². The maximum atomic E-state index is 12.3. The molecule has 140 valence electrons. The lowest BCUT2D eigenvalue weighted by Crippen LogP contribution is -2.13. The van der Waals surface area contributed by atoms with Gasteiger partial charge in [0.25, 0.3) is 5.91 Å². The minimum atomic E-state index is -0.462. The van der Waals surface area contributed by atoms with Gasteiger partial charge >= 0.3 is 0 Å². The second kappa shape index (κ2) is 11.1. The first-order chi connectivity index (χ1) is 13.1. The summed E-state index contributed by atoms with van der Waals surface area (Å²) in [5.41, 5.74) is 1.37. The van der Waals surface area contributed by atoms with Crippen molar-refractivity contribution in [3.63, 3.8) is 0 Å². The normalized spacial score (nSPS) is 10.9. The number of carbonyl (C=O) groups is 1. The second-order valence-electron chi connectivity index (χ2n) is 6.11. The fraction of sp³-hybridized carbons (Fsp3) is 0.273. The van der Waals surface area contributed by atoms with Crippen LogP contribution in [0.5, 0.6) is 5.75 Å². The Labute approximate surface area is 165 Å². The lowest BCUT2D eigenvalue weighted by atomic mass is 10.1. The first-order valence-corrected chi connectivity index (χ1v) is 9.41. The Morgan fingerprint density at radius 3 is 2.44 bits per heavy atom. The van der Waals surface area contributed by atoms with Gasteiger partial charge in [-0.1, -0.05) is 49.9 Å². The molecule has 2 rings (SSSR count). The lowest BCUT2D eigenvalue weighted by molar-refractivity contribution is -0.112. The van der Waals surface area contributed by atoms with Crippen molar-refractivity contribution in [2.24, 2.45) is 0 Å². The van der Waals surface area contributed by atoms with Crippen molar-refractivity contribution in [1.82, 2.24) is 0 Å². The molecule has 0 aliphatic carbocycles. The summed E-state index contributed by atoms with van der Waals surface area (Å²) in [7, 11) is 0. The lowest BCUT2D eigenvalue weighted by Gasteiger charge is -2.07. The van der Waals surface area contributed by atoms with E-state index in [1.807, 2.05) is 30.3 Å². The molecule has 0 spiro atoms. The molecule has 0 aliphatic heterocycles. The van der Waals surface area contributed by atoms with Gasteiger partial charge in [-0.05, 0) is 54.5 Å². The van der Waals surface area contributed by atoms with Crippen molar-refractivity contribution in [2.45, 2.75) is 32.6 Å². The number of hydrogen-bond acceptors (Lipinski definition) is 3. The zero-order valence-electron chi connectivity index (χ0n) is 15.4. The van der Waals surface area contributed by atoms with E-state index in [-0.39, 0.29) is 5.57 Å². The van der Waals surface area contributed by atoms with E-state index < -0.39 is 5.91 Å². The van der Waals surface area contributed by atoms with Gasteiger partial charge in [0.2, 0.25) is 0 Å². The molecule has 1 amide bonds. The van der Waals surface area contributed by atoms with Gasteiger partial charge in [-0.3, -0.25) is 4.79 Å². The van der Waals surface area contributed by atoms with Crippen LogP contribution < -0.4 is 10.1 Å². The molecule has 2 aromatic rings. The molecule has 0 unspecified atom stereocenters. The second-order valence-corrected chi connectivity index (χ2v) is 6.55. The van der Waals surface area contributed by atoms with Crippen molar-refractivity contribution in [2.75, 3.05) is 11.9 Å². The summed E-state index contributed by atoms with van der Waals surface area (Å²) in [5.74, 6) is 0.323. The first kappa shape index (κ1) is 20.5. The molecule has 27 heavy (non-hydrogen) atoms. The third kappa shape index (κ3) is 7.16. The van der Waals surface area contributed by atoms with Gasteiger partial charge < -0.3 is 10.1 Å². The molecule has 0 bridgehead atoms. The molecular weight excluding hydrogens is 360 g/mol. The van der Waals surface area contributed by atoms with Gasteiger partial charge in [0.1, 0.15) is 17.4 Å². The van der Waals surface area contributed by atoms with E-state index in [0.717, 1.165) is 17.7 Å². The van der Waals surface area contributed by atoms with Crippen LogP contribution in [0.3, 0.4) is 0 Å². The molecular formula is C22H23ClN2O2. The van der Waals surface area contributed by atoms with Gasteiger partial charge in [-0.2, -0.15) is 5.26 Å². The number of carbonyl (C=O) groups excluding carboxylic acids is 1. The summed E-state index contributed by atoms with van der Waals surface area (Å²) in [6.07, 6.45) is 6.19. The van der Waals surface area contributed by atoms with Gasteiger partial charge in [0.05, 0.1) is 6.61 Å². The Kier molecular flexibility index (Phi) is 8.41.